The standard InChI is InChI=1S/C26H24N2O5S/c1-32-22-11-9-21(10-12-22)28-34(30,31)24-15-13-23(14-16-24)33-18-26(29)27-17-20-7-4-6-19-5-2-3-8-25(19)20/h2-16,28H,17-18H2,1H3,(H,27,29). The molecule has 0 aliphatic carbocycles. The first-order valence-corrected chi connectivity index (χ1v) is 12.1. The second-order valence-corrected chi connectivity index (χ2v) is 9.19. The van der Waals surface area contributed by atoms with Crippen LogP contribution in [-0.4, -0.2) is 28.0 Å². The van der Waals surface area contributed by atoms with Gasteiger partial charge in [0.15, 0.2) is 6.61 Å². The van der Waals surface area contributed by atoms with Gasteiger partial charge in [-0.05, 0) is 64.9 Å². The number of methoxy groups -OCH3 is 1. The zero-order valence-electron chi connectivity index (χ0n) is 18.5. The molecule has 0 fully saturated rings. The Balaban J connectivity index is 1.31. The average Bonchev–Trinajstić information content (AvgIpc) is 2.86. The highest BCUT2D eigenvalue weighted by Gasteiger charge is 2.14. The monoisotopic (exact) mass is 476 g/mol. The molecule has 0 bridgehead atoms. The molecule has 2 N–H and O–H groups in total. The van der Waals surface area contributed by atoms with Gasteiger partial charge in [-0.15, -0.1) is 0 Å². The molecule has 0 radical (unpaired) electrons. The van der Waals surface area contributed by atoms with Crippen molar-refractivity contribution >= 4 is 32.4 Å². The van der Waals surface area contributed by atoms with Gasteiger partial charge >= 0.3 is 0 Å². The van der Waals surface area contributed by atoms with Gasteiger partial charge in [0.2, 0.25) is 0 Å². The summed E-state index contributed by atoms with van der Waals surface area (Å²) in [6.07, 6.45) is 0. The Bertz CT molecular complexity index is 1380. The minimum Gasteiger partial charge on any atom is -0.497 e. The van der Waals surface area contributed by atoms with E-state index < -0.39 is 10.0 Å². The van der Waals surface area contributed by atoms with Crippen molar-refractivity contribution in [1.82, 2.24) is 5.32 Å². The lowest BCUT2D eigenvalue weighted by atomic mass is 10.0. The molecule has 8 heteroatoms. The van der Waals surface area contributed by atoms with Gasteiger partial charge in [0.05, 0.1) is 12.0 Å². The number of carbonyl (C=O) groups is 1. The van der Waals surface area contributed by atoms with E-state index in [1.807, 2.05) is 42.5 Å². The molecule has 0 heterocycles. The predicted octanol–water partition coefficient (Wildman–Crippen LogP) is 4.34. The molecule has 0 aromatic heterocycles. The van der Waals surface area contributed by atoms with Gasteiger partial charge in [-0.2, -0.15) is 0 Å². The first kappa shape index (κ1) is 23.1. The van der Waals surface area contributed by atoms with Gasteiger partial charge in [-0.3, -0.25) is 9.52 Å². The van der Waals surface area contributed by atoms with Gasteiger partial charge in [0.1, 0.15) is 11.5 Å². The number of hydrogen-bond acceptors (Lipinski definition) is 5. The average molecular weight is 477 g/mol. The predicted molar refractivity (Wildman–Crippen MR) is 132 cm³/mol. The molecular formula is C26H24N2O5S. The molecule has 0 saturated carbocycles. The fraction of sp³-hybridized carbons (Fsp3) is 0.115. The van der Waals surface area contributed by atoms with Crippen molar-refractivity contribution < 1.29 is 22.7 Å². The molecular weight excluding hydrogens is 452 g/mol. The van der Waals surface area contributed by atoms with Crippen LogP contribution in [0.5, 0.6) is 11.5 Å². The van der Waals surface area contributed by atoms with E-state index in [9.17, 15) is 13.2 Å². The Morgan fingerprint density at radius 1 is 0.824 bits per heavy atom. The number of amides is 1. The van der Waals surface area contributed by atoms with E-state index >= 15 is 0 Å². The van der Waals surface area contributed by atoms with Crippen LogP contribution in [0.4, 0.5) is 5.69 Å². The van der Waals surface area contributed by atoms with E-state index in [0.717, 1.165) is 16.3 Å². The summed E-state index contributed by atoms with van der Waals surface area (Å²) >= 11 is 0. The number of rotatable bonds is 9. The number of hydrogen-bond donors (Lipinski definition) is 2. The fourth-order valence-corrected chi connectivity index (χ4v) is 4.49. The highest BCUT2D eigenvalue weighted by atomic mass is 32.2. The normalized spacial score (nSPS) is 11.1. The summed E-state index contributed by atoms with van der Waals surface area (Å²) in [7, 11) is -2.22. The molecule has 7 nitrogen and oxygen atoms in total. The summed E-state index contributed by atoms with van der Waals surface area (Å²) in [6, 6.07) is 26.4. The van der Waals surface area contributed by atoms with Crippen LogP contribution in [0.15, 0.2) is 95.9 Å². The topological polar surface area (TPSA) is 93.7 Å². The van der Waals surface area contributed by atoms with Crippen molar-refractivity contribution in [3.05, 3.63) is 96.6 Å². The molecule has 4 rings (SSSR count). The maximum Gasteiger partial charge on any atom is 0.261 e. The molecule has 34 heavy (non-hydrogen) atoms. The molecule has 4 aromatic carbocycles. The highest BCUT2D eigenvalue weighted by molar-refractivity contribution is 7.92. The van der Waals surface area contributed by atoms with Gasteiger partial charge in [0.25, 0.3) is 15.9 Å². The summed E-state index contributed by atoms with van der Waals surface area (Å²) < 4.78 is 38.3. The van der Waals surface area contributed by atoms with Crippen LogP contribution >= 0.6 is 0 Å². The van der Waals surface area contributed by atoms with Crippen LogP contribution in [0.1, 0.15) is 5.56 Å². The molecule has 4 aromatic rings. The second-order valence-electron chi connectivity index (χ2n) is 7.51. The fourth-order valence-electron chi connectivity index (χ4n) is 3.43. The van der Waals surface area contributed by atoms with Crippen molar-refractivity contribution in [3.8, 4) is 11.5 Å². The lowest BCUT2D eigenvalue weighted by molar-refractivity contribution is -0.123. The van der Waals surface area contributed by atoms with Crippen molar-refractivity contribution in [2.75, 3.05) is 18.4 Å². The Morgan fingerprint density at radius 3 is 2.24 bits per heavy atom. The second kappa shape index (κ2) is 10.3. The number of nitrogens with one attached hydrogen (secondary N) is 2. The summed E-state index contributed by atoms with van der Waals surface area (Å²) in [5.74, 6) is 0.750. The quantitative estimate of drug-likeness (QED) is 0.375. The van der Waals surface area contributed by atoms with Crippen molar-refractivity contribution in [1.29, 1.82) is 0 Å². The Morgan fingerprint density at radius 2 is 1.50 bits per heavy atom. The summed E-state index contributed by atoms with van der Waals surface area (Å²) in [5.41, 5.74) is 1.44. The van der Waals surface area contributed by atoms with Crippen LogP contribution in [0.25, 0.3) is 10.8 Å². The van der Waals surface area contributed by atoms with E-state index in [4.69, 9.17) is 9.47 Å². The first-order chi connectivity index (χ1) is 16.4. The minimum atomic E-state index is -3.76. The summed E-state index contributed by atoms with van der Waals surface area (Å²) in [4.78, 5) is 12.3. The van der Waals surface area contributed by atoms with Gasteiger partial charge < -0.3 is 14.8 Å². The number of carbonyl (C=O) groups excluding carboxylic acids is 1. The molecule has 0 spiro atoms. The van der Waals surface area contributed by atoms with E-state index in [-0.39, 0.29) is 17.4 Å². The van der Waals surface area contributed by atoms with E-state index in [1.165, 1.54) is 31.4 Å². The van der Waals surface area contributed by atoms with Gasteiger partial charge in [0, 0.05) is 12.2 Å². The largest absolute Gasteiger partial charge is 0.497 e. The minimum absolute atomic E-state index is 0.0797. The zero-order valence-corrected chi connectivity index (χ0v) is 19.3. The smallest absolute Gasteiger partial charge is 0.261 e. The van der Waals surface area contributed by atoms with Crippen LogP contribution in [0.3, 0.4) is 0 Å². The van der Waals surface area contributed by atoms with Crippen LogP contribution < -0.4 is 19.5 Å². The van der Waals surface area contributed by atoms with E-state index in [0.29, 0.717) is 23.7 Å². The number of anilines is 1. The third-order valence-electron chi connectivity index (χ3n) is 5.20. The SMILES string of the molecule is COc1ccc(NS(=O)(=O)c2ccc(OCC(=O)NCc3cccc4ccccc34)cc2)cc1. The summed E-state index contributed by atoms with van der Waals surface area (Å²) in [5, 5.41) is 5.06. The first-order valence-electron chi connectivity index (χ1n) is 10.6. The van der Waals surface area contributed by atoms with Gasteiger partial charge in [-0.25, -0.2) is 8.42 Å². The Labute approximate surface area is 198 Å². The van der Waals surface area contributed by atoms with E-state index in [2.05, 4.69) is 10.0 Å². The number of ether oxygens (including phenoxy) is 2. The van der Waals surface area contributed by atoms with Crippen LogP contribution in [0, 0.1) is 0 Å². The van der Waals surface area contributed by atoms with Gasteiger partial charge in [-0.1, -0.05) is 42.5 Å². The number of sulfonamides is 1. The van der Waals surface area contributed by atoms with Crippen molar-refractivity contribution in [3.63, 3.8) is 0 Å². The van der Waals surface area contributed by atoms with Crippen LogP contribution in [0.2, 0.25) is 0 Å². The third kappa shape index (κ3) is 5.65. The number of fused-ring (bicyclic) bond motifs is 1. The highest BCUT2D eigenvalue weighted by Crippen LogP contribution is 2.21. The summed E-state index contributed by atoms with van der Waals surface area (Å²) in [6.45, 7) is 0.207. The molecule has 0 aliphatic heterocycles. The van der Waals surface area contributed by atoms with Crippen molar-refractivity contribution in [2.24, 2.45) is 0 Å². The molecule has 0 aliphatic rings. The molecule has 0 saturated heterocycles. The zero-order chi connectivity index (χ0) is 24.0. The Hall–Kier alpha value is -4.04. The van der Waals surface area contributed by atoms with E-state index in [1.54, 1.807) is 24.3 Å². The Kier molecular flexibility index (Phi) is 6.98. The molecule has 1 amide bonds. The van der Waals surface area contributed by atoms with Crippen LogP contribution in [-0.2, 0) is 21.4 Å². The van der Waals surface area contributed by atoms with Crippen molar-refractivity contribution in [2.45, 2.75) is 11.4 Å². The lowest BCUT2D eigenvalue weighted by Crippen LogP contribution is -2.28. The molecule has 174 valence electrons. The lowest BCUT2D eigenvalue weighted by Gasteiger charge is -2.11. The molecule has 0 atom stereocenters. The number of benzene rings is 4. The molecule has 0 unspecified atom stereocenters. The maximum atomic E-state index is 12.6. The third-order valence-corrected chi connectivity index (χ3v) is 6.60. The maximum absolute atomic E-state index is 12.6.